The normalized spacial score (nSPS) is 12.3. The largest absolute Gasteiger partial charge is 0.313 e. The number of pyridine rings is 1. The Morgan fingerprint density at radius 3 is 2.61 bits per heavy atom. The average molecular weight is 244 g/mol. The van der Waals surface area contributed by atoms with E-state index in [1.807, 2.05) is 31.4 Å². The molecule has 18 heavy (non-hydrogen) atoms. The van der Waals surface area contributed by atoms with E-state index in [4.69, 9.17) is 0 Å². The summed E-state index contributed by atoms with van der Waals surface area (Å²) in [5, 5.41) is 3.27. The van der Waals surface area contributed by atoms with Crippen molar-refractivity contribution in [1.29, 1.82) is 0 Å². The Morgan fingerprint density at radius 1 is 1.22 bits per heavy atom. The first-order valence-electron chi connectivity index (χ1n) is 6.11. The summed E-state index contributed by atoms with van der Waals surface area (Å²) in [6.07, 6.45) is 5.58. The summed E-state index contributed by atoms with van der Waals surface area (Å²) in [7, 11) is 1.93. The maximum absolute atomic E-state index is 12.9. The van der Waals surface area contributed by atoms with Gasteiger partial charge in [0.15, 0.2) is 0 Å². The molecule has 2 rings (SSSR count). The molecule has 1 unspecified atom stereocenters. The van der Waals surface area contributed by atoms with Crippen LogP contribution in [-0.4, -0.2) is 12.0 Å². The maximum atomic E-state index is 12.9. The fraction of sp³-hybridized carbons (Fsp3) is 0.267. The molecule has 94 valence electrons. The number of rotatable bonds is 5. The van der Waals surface area contributed by atoms with Gasteiger partial charge in [-0.05, 0) is 49.2 Å². The summed E-state index contributed by atoms with van der Waals surface area (Å²) in [6, 6.07) is 10.9. The quantitative estimate of drug-likeness (QED) is 0.874. The lowest BCUT2D eigenvalue weighted by atomic mass is 10.00. The van der Waals surface area contributed by atoms with Crippen LogP contribution in [0.4, 0.5) is 4.39 Å². The summed E-state index contributed by atoms with van der Waals surface area (Å²) < 4.78 is 12.9. The van der Waals surface area contributed by atoms with Crippen LogP contribution in [-0.2, 0) is 6.42 Å². The van der Waals surface area contributed by atoms with E-state index in [1.54, 1.807) is 6.20 Å². The molecule has 0 amide bonds. The molecule has 1 aromatic carbocycles. The fourth-order valence-electron chi connectivity index (χ4n) is 2.03. The van der Waals surface area contributed by atoms with E-state index in [0.717, 1.165) is 18.4 Å². The van der Waals surface area contributed by atoms with Gasteiger partial charge in [0.25, 0.3) is 0 Å². The molecular weight excluding hydrogens is 227 g/mol. The van der Waals surface area contributed by atoms with Crippen molar-refractivity contribution in [3.63, 3.8) is 0 Å². The van der Waals surface area contributed by atoms with Gasteiger partial charge >= 0.3 is 0 Å². The molecule has 0 fully saturated rings. The second kappa shape index (κ2) is 6.26. The highest BCUT2D eigenvalue weighted by Crippen LogP contribution is 2.19. The minimum absolute atomic E-state index is 0.194. The maximum Gasteiger partial charge on any atom is 0.123 e. The lowest BCUT2D eigenvalue weighted by molar-refractivity contribution is 0.546. The van der Waals surface area contributed by atoms with E-state index >= 15 is 0 Å². The van der Waals surface area contributed by atoms with E-state index < -0.39 is 0 Å². The molecule has 2 nitrogen and oxygen atoms in total. The van der Waals surface area contributed by atoms with Crippen LogP contribution in [0.15, 0.2) is 48.8 Å². The summed E-state index contributed by atoms with van der Waals surface area (Å²) >= 11 is 0. The molecule has 0 aliphatic rings. The van der Waals surface area contributed by atoms with Gasteiger partial charge in [-0.2, -0.15) is 0 Å². The zero-order chi connectivity index (χ0) is 12.8. The van der Waals surface area contributed by atoms with Crippen LogP contribution >= 0.6 is 0 Å². The van der Waals surface area contributed by atoms with E-state index in [9.17, 15) is 4.39 Å². The summed E-state index contributed by atoms with van der Waals surface area (Å²) in [6.45, 7) is 0. The van der Waals surface area contributed by atoms with Crippen molar-refractivity contribution in [3.8, 4) is 0 Å². The second-order valence-electron chi connectivity index (χ2n) is 4.29. The van der Waals surface area contributed by atoms with Gasteiger partial charge in [-0.25, -0.2) is 4.39 Å². The molecule has 0 bridgehead atoms. The molecule has 1 atom stereocenters. The minimum atomic E-state index is -0.194. The summed E-state index contributed by atoms with van der Waals surface area (Å²) in [4.78, 5) is 4.10. The minimum Gasteiger partial charge on any atom is -0.313 e. The Bertz CT molecular complexity index is 468. The number of hydrogen-bond acceptors (Lipinski definition) is 2. The molecule has 2 aromatic rings. The third-order valence-electron chi connectivity index (χ3n) is 3.07. The predicted octanol–water partition coefficient (Wildman–Crippen LogP) is 3.11. The van der Waals surface area contributed by atoms with Gasteiger partial charge in [0.2, 0.25) is 0 Å². The number of aryl methyl sites for hydroxylation is 1. The molecule has 1 N–H and O–H groups in total. The number of halogens is 1. The van der Waals surface area contributed by atoms with E-state index in [2.05, 4.69) is 16.4 Å². The molecule has 0 saturated carbocycles. The number of nitrogens with zero attached hydrogens (tertiary/aromatic N) is 1. The Kier molecular flexibility index (Phi) is 4.42. The van der Waals surface area contributed by atoms with Crippen molar-refractivity contribution in [2.45, 2.75) is 18.9 Å². The molecule has 1 aromatic heterocycles. The molecule has 0 saturated heterocycles. The highest BCUT2D eigenvalue weighted by Gasteiger charge is 2.09. The Morgan fingerprint density at radius 2 is 2.00 bits per heavy atom. The van der Waals surface area contributed by atoms with Crippen LogP contribution in [0, 0.1) is 5.82 Å². The first-order chi connectivity index (χ1) is 8.79. The zero-order valence-corrected chi connectivity index (χ0v) is 10.4. The van der Waals surface area contributed by atoms with Crippen LogP contribution < -0.4 is 5.32 Å². The summed E-state index contributed by atoms with van der Waals surface area (Å²) in [5.74, 6) is -0.194. The molecule has 0 aliphatic carbocycles. The average Bonchev–Trinajstić information content (AvgIpc) is 2.42. The lowest BCUT2D eigenvalue weighted by Gasteiger charge is -2.16. The Labute approximate surface area is 107 Å². The number of nitrogens with one attached hydrogen (secondary N) is 1. The van der Waals surface area contributed by atoms with E-state index in [1.165, 1.54) is 17.7 Å². The fourth-order valence-corrected chi connectivity index (χ4v) is 2.03. The van der Waals surface area contributed by atoms with Gasteiger partial charge in [-0.1, -0.05) is 18.2 Å². The summed E-state index contributed by atoms with van der Waals surface area (Å²) in [5.41, 5.74) is 2.34. The highest BCUT2D eigenvalue weighted by atomic mass is 19.1. The van der Waals surface area contributed by atoms with Crippen LogP contribution in [0.5, 0.6) is 0 Å². The molecule has 0 radical (unpaired) electrons. The number of hydrogen-bond donors (Lipinski definition) is 1. The highest BCUT2D eigenvalue weighted by molar-refractivity contribution is 5.20. The molecule has 0 aliphatic heterocycles. The Balaban J connectivity index is 1.99. The number of aromatic nitrogens is 1. The van der Waals surface area contributed by atoms with E-state index in [0.29, 0.717) is 0 Å². The first kappa shape index (κ1) is 12.7. The van der Waals surface area contributed by atoms with Crippen molar-refractivity contribution >= 4 is 0 Å². The van der Waals surface area contributed by atoms with Crippen molar-refractivity contribution in [3.05, 3.63) is 65.7 Å². The molecular formula is C15H17FN2. The Hall–Kier alpha value is -1.74. The van der Waals surface area contributed by atoms with Gasteiger partial charge in [0.1, 0.15) is 5.82 Å². The van der Waals surface area contributed by atoms with Crippen LogP contribution in [0.25, 0.3) is 0 Å². The van der Waals surface area contributed by atoms with Crippen LogP contribution in [0.3, 0.4) is 0 Å². The zero-order valence-electron chi connectivity index (χ0n) is 10.4. The SMILES string of the molecule is CNC(CCc1cccnc1)c1ccc(F)cc1. The van der Waals surface area contributed by atoms with Crippen molar-refractivity contribution in [2.24, 2.45) is 0 Å². The van der Waals surface area contributed by atoms with Gasteiger partial charge in [0.05, 0.1) is 0 Å². The smallest absolute Gasteiger partial charge is 0.123 e. The molecule has 1 heterocycles. The second-order valence-corrected chi connectivity index (χ2v) is 4.29. The first-order valence-corrected chi connectivity index (χ1v) is 6.11. The van der Waals surface area contributed by atoms with Gasteiger partial charge in [-0.15, -0.1) is 0 Å². The van der Waals surface area contributed by atoms with Crippen molar-refractivity contribution in [1.82, 2.24) is 10.3 Å². The monoisotopic (exact) mass is 244 g/mol. The standard InChI is InChI=1S/C15H17FN2/c1-17-15(13-5-7-14(16)8-6-13)9-4-12-3-2-10-18-11-12/h2-3,5-8,10-11,15,17H,4,9H2,1H3. The van der Waals surface area contributed by atoms with Crippen molar-refractivity contribution in [2.75, 3.05) is 7.05 Å². The number of benzene rings is 1. The van der Waals surface area contributed by atoms with Crippen LogP contribution in [0.2, 0.25) is 0 Å². The predicted molar refractivity (Wildman–Crippen MR) is 70.8 cm³/mol. The van der Waals surface area contributed by atoms with Gasteiger partial charge < -0.3 is 5.32 Å². The molecule has 3 heteroatoms. The topological polar surface area (TPSA) is 24.9 Å². The third-order valence-corrected chi connectivity index (χ3v) is 3.07. The van der Waals surface area contributed by atoms with Crippen molar-refractivity contribution < 1.29 is 4.39 Å². The van der Waals surface area contributed by atoms with Gasteiger partial charge in [0, 0.05) is 18.4 Å². The molecule has 0 spiro atoms. The van der Waals surface area contributed by atoms with Crippen LogP contribution in [0.1, 0.15) is 23.6 Å². The van der Waals surface area contributed by atoms with E-state index in [-0.39, 0.29) is 11.9 Å². The van der Waals surface area contributed by atoms with Gasteiger partial charge in [-0.3, -0.25) is 4.98 Å². The third kappa shape index (κ3) is 3.37. The lowest BCUT2D eigenvalue weighted by Crippen LogP contribution is -2.17.